The summed E-state index contributed by atoms with van der Waals surface area (Å²) in [5, 5.41) is 3.50. The number of anilines is 1. The number of nitrogens with one attached hydrogen (secondary N) is 1. The summed E-state index contributed by atoms with van der Waals surface area (Å²) in [6.45, 7) is 2.76. The fourth-order valence-corrected chi connectivity index (χ4v) is 6.87. The average Bonchev–Trinajstić information content (AvgIpc) is 3.68. The van der Waals surface area contributed by atoms with Crippen LogP contribution < -0.4 is 10.1 Å². The van der Waals surface area contributed by atoms with Gasteiger partial charge in [0.2, 0.25) is 11.8 Å². The monoisotopic (exact) mass is 587 g/mol. The van der Waals surface area contributed by atoms with E-state index >= 15 is 0 Å². The molecule has 1 spiro atoms. The Hall–Kier alpha value is -3.49. The van der Waals surface area contributed by atoms with Gasteiger partial charge in [-0.25, -0.2) is 14.4 Å². The molecule has 1 unspecified atom stereocenters. The first-order chi connectivity index (χ1) is 20.4. The lowest BCUT2D eigenvalue weighted by molar-refractivity contribution is -0.118. The van der Waals surface area contributed by atoms with E-state index < -0.39 is 0 Å². The number of aryl methyl sites for hydroxylation is 1. The topological polar surface area (TPSA) is 72.3 Å². The van der Waals surface area contributed by atoms with E-state index in [0.29, 0.717) is 27.8 Å². The van der Waals surface area contributed by atoms with E-state index in [-0.39, 0.29) is 24.2 Å². The molecule has 2 aromatic heterocycles. The molecule has 1 amide bonds. The Morgan fingerprint density at radius 3 is 2.69 bits per heavy atom. The predicted octanol–water partition coefficient (Wildman–Crippen LogP) is 6.85. The molecule has 42 heavy (non-hydrogen) atoms. The number of hydrogen-bond donors (Lipinski definition) is 1. The van der Waals surface area contributed by atoms with Crippen molar-refractivity contribution in [2.24, 2.45) is 18.4 Å². The van der Waals surface area contributed by atoms with Crippen LogP contribution in [-0.2, 0) is 25.0 Å². The number of fused-ring (bicyclic) bond motifs is 1. The van der Waals surface area contributed by atoms with Gasteiger partial charge in [-0.3, -0.25) is 9.69 Å². The van der Waals surface area contributed by atoms with Crippen molar-refractivity contribution < 1.29 is 13.9 Å². The zero-order valence-electron chi connectivity index (χ0n) is 23.8. The second kappa shape index (κ2) is 11.0. The van der Waals surface area contributed by atoms with Gasteiger partial charge in [-0.2, -0.15) is 0 Å². The largest absolute Gasteiger partial charge is 0.473 e. The predicted molar refractivity (Wildman–Crippen MR) is 161 cm³/mol. The van der Waals surface area contributed by atoms with E-state index in [1.807, 2.05) is 30.3 Å². The first kappa shape index (κ1) is 27.3. The smallest absolute Gasteiger partial charge is 0.228 e. The van der Waals surface area contributed by atoms with Crippen LogP contribution in [-0.4, -0.2) is 38.4 Å². The number of pyridine rings is 1. The molecule has 2 aromatic carbocycles. The van der Waals surface area contributed by atoms with Crippen molar-refractivity contribution in [1.82, 2.24) is 19.4 Å². The molecule has 2 saturated carbocycles. The SMILES string of the molecule is Cn1c(CN2CCC(c3cccc(OCc4ccc(Cl)cc4F)n3)CC2)nc2cc(NC(=O)C3CC34CCC4)ccc21. The first-order valence-electron chi connectivity index (χ1n) is 14.9. The van der Waals surface area contributed by atoms with Gasteiger partial charge in [-0.05, 0) is 87.0 Å². The number of aromatic nitrogens is 3. The molecule has 218 valence electrons. The van der Waals surface area contributed by atoms with Gasteiger partial charge >= 0.3 is 0 Å². The van der Waals surface area contributed by atoms with Gasteiger partial charge in [-0.15, -0.1) is 0 Å². The summed E-state index contributed by atoms with van der Waals surface area (Å²) in [7, 11) is 2.06. The summed E-state index contributed by atoms with van der Waals surface area (Å²) in [5.41, 5.74) is 4.59. The molecule has 3 heterocycles. The number of halogens is 2. The van der Waals surface area contributed by atoms with Gasteiger partial charge < -0.3 is 14.6 Å². The normalized spacial score (nSPS) is 20.0. The number of ether oxygens (including phenoxy) is 1. The molecule has 2 aliphatic carbocycles. The van der Waals surface area contributed by atoms with E-state index in [1.54, 1.807) is 12.1 Å². The lowest BCUT2D eigenvalue weighted by Crippen LogP contribution is -2.33. The van der Waals surface area contributed by atoms with Crippen molar-refractivity contribution in [2.75, 3.05) is 18.4 Å². The zero-order chi connectivity index (χ0) is 28.8. The quantitative estimate of drug-likeness (QED) is 0.244. The number of carbonyl (C=O) groups is 1. The Bertz CT molecular complexity index is 1640. The summed E-state index contributed by atoms with van der Waals surface area (Å²) < 4.78 is 22.1. The number of nitrogens with zero attached hydrogens (tertiary/aromatic N) is 4. The minimum absolute atomic E-state index is 0.102. The van der Waals surface area contributed by atoms with E-state index in [4.69, 9.17) is 26.3 Å². The number of carbonyl (C=O) groups excluding carboxylic acids is 1. The highest BCUT2D eigenvalue weighted by molar-refractivity contribution is 6.30. The highest BCUT2D eigenvalue weighted by atomic mass is 35.5. The van der Waals surface area contributed by atoms with Crippen LogP contribution in [0.5, 0.6) is 5.88 Å². The third-order valence-corrected chi connectivity index (χ3v) is 9.84. The van der Waals surface area contributed by atoms with Gasteiger partial charge in [0.15, 0.2) is 0 Å². The Morgan fingerprint density at radius 2 is 1.95 bits per heavy atom. The molecule has 4 aromatic rings. The second-order valence-corrected chi connectivity index (χ2v) is 12.7. The zero-order valence-corrected chi connectivity index (χ0v) is 24.5. The van der Waals surface area contributed by atoms with Gasteiger partial charge in [-0.1, -0.05) is 30.2 Å². The molecular formula is C33H35ClFN5O2. The maximum Gasteiger partial charge on any atom is 0.228 e. The number of imidazole rings is 1. The summed E-state index contributed by atoms with van der Waals surface area (Å²) >= 11 is 5.85. The third kappa shape index (κ3) is 5.38. The van der Waals surface area contributed by atoms with Crippen molar-refractivity contribution >= 4 is 34.2 Å². The Morgan fingerprint density at radius 1 is 1.12 bits per heavy atom. The second-order valence-electron chi connectivity index (χ2n) is 12.2. The van der Waals surface area contributed by atoms with Gasteiger partial charge in [0.05, 0.1) is 17.6 Å². The van der Waals surface area contributed by atoms with Crippen molar-refractivity contribution in [2.45, 2.75) is 57.6 Å². The fourth-order valence-electron chi connectivity index (χ4n) is 6.72. The van der Waals surface area contributed by atoms with Crippen molar-refractivity contribution in [3.63, 3.8) is 0 Å². The van der Waals surface area contributed by atoms with Crippen LogP contribution in [0.1, 0.15) is 61.5 Å². The summed E-state index contributed by atoms with van der Waals surface area (Å²) in [6.07, 6.45) is 6.70. The number of benzene rings is 2. The van der Waals surface area contributed by atoms with E-state index in [2.05, 4.69) is 27.9 Å². The number of hydrogen-bond acceptors (Lipinski definition) is 5. The fraction of sp³-hybridized carbons (Fsp3) is 0.424. The van der Waals surface area contributed by atoms with Gasteiger partial charge in [0.1, 0.15) is 18.2 Å². The maximum absolute atomic E-state index is 14.1. The minimum Gasteiger partial charge on any atom is -0.473 e. The van der Waals surface area contributed by atoms with Crippen molar-refractivity contribution in [1.29, 1.82) is 0 Å². The van der Waals surface area contributed by atoms with Crippen molar-refractivity contribution in [3.8, 4) is 5.88 Å². The van der Waals surface area contributed by atoms with Gasteiger partial charge in [0.25, 0.3) is 0 Å². The standard InChI is InChI=1S/C33H35ClFN5O2/c1-39-29-9-8-24(36-32(41)25-18-33(25)12-3-13-33)17-28(29)37-30(39)19-40-14-10-21(11-15-40)27-4-2-5-31(38-27)42-20-22-6-7-23(34)16-26(22)35/h2,4-9,16-17,21,25H,3,10-15,18-20H2,1H3,(H,36,41). The number of likely N-dealkylation sites (tertiary alicyclic amines) is 1. The highest BCUT2D eigenvalue weighted by Crippen LogP contribution is 2.65. The van der Waals surface area contributed by atoms with E-state index in [1.165, 1.54) is 25.3 Å². The van der Waals surface area contributed by atoms with Crippen LogP contribution in [0.3, 0.4) is 0 Å². The van der Waals surface area contributed by atoms with Crippen LogP contribution in [0.25, 0.3) is 11.0 Å². The Balaban J connectivity index is 0.944. The molecule has 9 heteroatoms. The summed E-state index contributed by atoms with van der Waals surface area (Å²) in [6, 6.07) is 16.4. The van der Waals surface area contributed by atoms with Crippen LogP contribution in [0.15, 0.2) is 54.6 Å². The molecule has 1 saturated heterocycles. The Labute approximate surface area is 250 Å². The Kier molecular flexibility index (Phi) is 7.14. The molecule has 1 atom stereocenters. The molecular weight excluding hydrogens is 553 g/mol. The summed E-state index contributed by atoms with van der Waals surface area (Å²) in [4.78, 5) is 24.9. The van der Waals surface area contributed by atoms with Gasteiger partial charge in [0, 0.05) is 46.9 Å². The molecule has 1 aliphatic heterocycles. The van der Waals surface area contributed by atoms with E-state index in [9.17, 15) is 9.18 Å². The maximum atomic E-state index is 14.1. The molecule has 0 radical (unpaired) electrons. The lowest BCUT2D eigenvalue weighted by Gasteiger charge is -2.31. The van der Waals surface area contributed by atoms with E-state index in [0.717, 1.165) is 67.1 Å². The average molecular weight is 588 g/mol. The molecule has 0 bridgehead atoms. The van der Waals surface area contributed by atoms with Crippen LogP contribution in [0.4, 0.5) is 10.1 Å². The summed E-state index contributed by atoms with van der Waals surface area (Å²) in [5.74, 6) is 1.83. The van der Waals surface area contributed by atoms with Crippen LogP contribution in [0, 0.1) is 17.2 Å². The molecule has 7 rings (SSSR count). The lowest BCUT2D eigenvalue weighted by atomic mass is 9.79. The van der Waals surface area contributed by atoms with Crippen molar-refractivity contribution in [3.05, 3.63) is 82.5 Å². The number of rotatable bonds is 8. The molecule has 3 fully saturated rings. The minimum atomic E-state index is -0.380. The highest BCUT2D eigenvalue weighted by Gasteiger charge is 2.60. The number of amides is 1. The molecule has 7 nitrogen and oxygen atoms in total. The molecule has 3 aliphatic rings. The number of piperidine rings is 1. The molecule has 1 N–H and O–H groups in total. The van der Waals surface area contributed by atoms with Crippen LogP contribution in [0.2, 0.25) is 5.02 Å². The third-order valence-electron chi connectivity index (χ3n) is 9.60. The first-order valence-corrected chi connectivity index (χ1v) is 15.3. The van der Waals surface area contributed by atoms with Crippen LogP contribution >= 0.6 is 11.6 Å².